The molecule has 0 saturated heterocycles. The van der Waals surface area contributed by atoms with Crippen molar-refractivity contribution < 1.29 is 4.79 Å². The Kier molecular flexibility index (Phi) is 2.68. The minimum atomic E-state index is 0.179. The Hall–Kier alpha value is -2.41. The van der Waals surface area contributed by atoms with E-state index in [1.807, 2.05) is 18.2 Å². The van der Waals surface area contributed by atoms with Crippen LogP contribution in [-0.2, 0) is 6.42 Å². The number of fused-ring (bicyclic) bond motifs is 2. The first-order chi connectivity index (χ1) is 10.3. The van der Waals surface area contributed by atoms with Crippen molar-refractivity contribution in [2.45, 2.75) is 19.8 Å². The first kappa shape index (κ1) is 12.3. The Morgan fingerprint density at radius 1 is 0.810 bits per heavy atom. The van der Waals surface area contributed by atoms with Gasteiger partial charge in [0.2, 0.25) is 0 Å². The summed E-state index contributed by atoms with van der Waals surface area (Å²) in [6, 6.07) is 18.5. The second-order valence-electron chi connectivity index (χ2n) is 5.63. The molecule has 21 heavy (non-hydrogen) atoms. The fourth-order valence-corrected chi connectivity index (χ4v) is 3.43. The second kappa shape index (κ2) is 4.56. The normalized spacial score (nSPS) is 12.5. The summed E-state index contributed by atoms with van der Waals surface area (Å²) in [5.41, 5.74) is 5.19. The van der Waals surface area contributed by atoms with Crippen molar-refractivity contribution in [1.82, 2.24) is 0 Å². The molecule has 0 atom stereocenters. The summed E-state index contributed by atoms with van der Waals surface area (Å²) in [4.78, 5) is 13.0. The molecular weight excluding hydrogens is 256 g/mol. The van der Waals surface area contributed by atoms with E-state index < -0.39 is 0 Å². The lowest BCUT2D eigenvalue weighted by atomic mass is 9.80. The molecule has 1 nitrogen and oxygen atoms in total. The van der Waals surface area contributed by atoms with E-state index in [0.29, 0.717) is 0 Å². The number of hydrogen-bond donors (Lipinski definition) is 0. The lowest BCUT2D eigenvalue weighted by molar-refractivity contribution is 0.103. The predicted molar refractivity (Wildman–Crippen MR) is 86.8 cm³/mol. The van der Waals surface area contributed by atoms with Gasteiger partial charge in [-0.2, -0.15) is 0 Å². The summed E-state index contributed by atoms with van der Waals surface area (Å²) in [5, 5.41) is 2.29. The van der Waals surface area contributed by atoms with Crippen molar-refractivity contribution in [3.8, 4) is 11.1 Å². The van der Waals surface area contributed by atoms with E-state index in [2.05, 4.69) is 43.3 Å². The van der Waals surface area contributed by atoms with Crippen molar-refractivity contribution in [1.29, 1.82) is 0 Å². The number of aryl methyl sites for hydroxylation is 1. The summed E-state index contributed by atoms with van der Waals surface area (Å²) in [6.07, 6.45) is 2.00. The molecule has 1 heteroatoms. The summed E-state index contributed by atoms with van der Waals surface area (Å²) in [7, 11) is 0. The van der Waals surface area contributed by atoms with Crippen LogP contribution in [0.25, 0.3) is 21.9 Å². The number of carbonyl (C=O) groups excluding carboxylic acids is 1. The molecule has 3 aromatic rings. The van der Waals surface area contributed by atoms with Gasteiger partial charge in [-0.25, -0.2) is 0 Å². The highest BCUT2D eigenvalue weighted by molar-refractivity contribution is 6.26. The quantitative estimate of drug-likeness (QED) is 0.501. The Morgan fingerprint density at radius 3 is 2.38 bits per heavy atom. The van der Waals surface area contributed by atoms with Crippen molar-refractivity contribution in [3.63, 3.8) is 0 Å². The van der Waals surface area contributed by atoms with Crippen LogP contribution in [0.4, 0.5) is 0 Å². The van der Waals surface area contributed by atoms with Crippen LogP contribution in [0.5, 0.6) is 0 Å². The van der Waals surface area contributed by atoms with Crippen LogP contribution in [0.2, 0.25) is 0 Å². The van der Waals surface area contributed by atoms with Gasteiger partial charge in [0.1, 0.15) is 0 Å². The topological polar surface area (TPSA) is 17.1 Å². The lowest BCUT2D eigenvalue weighted by Crippen LogP contribution is -2.12. The maximum absolute atomic E-state index is 13.0. The molecule has 0 bridgehead atoms. The third kappa shape index (κ3) is 1.67. The fraction of sp³-hybridized carbons (Fsp3) is 0.150. The van der Waals surface area contributed by atoms with E-state index in [9.17, 15) is 4.79 Å². The van der Waals surface area contributed by atoms with Gasteiger partial charge in [0, 0.05) is 16.5 Å². The molecule has 0 aliphatic heterocycles. The zero-order valence-corrected chi connectivity index (χ0v) is 12.0. The van der Waals surface area contributed by atoms with Crippen molar-refractivity contribution >= 4 is 16.6 Å². The molecule has 0 heterocycles. The summed E-state index contributed by atoms with van der Waals surface area (Å²) in [5.74, 6) is 0.179. The van der Waals surface area contributed by atoms with Crippen LogP contribution in [0, 0.1) is 0 Å². The highest BCUT2D eigenvalue weighted by Gasteiger charge is 2.26. The molecule has 0 radical (unpaired) electrons. The number of benzene rings is 3. The van der Waals surface area contributed by atoms with E-state index in [1.165, 1.54) is 11.1 Å². The van der Waals surface area contributed by atoms with Gasteiger partial charge in [0.15, 0.2) is 5.78 Å². The standard InChI is InChI=1S/C20H16O/c1-2-6-13-11-12-14-7-5-10-16-15-8-3-4-9-17(15)20(21)19(13)18(14)16/h3-5,7-12H,2,6H2,1H3. The second-order valence-corrected chi connectivity index (χ2v) is 5.63. The Labute approximate surface area is 124 Å². The molecule has 1 aliphatic carbocycles. The van der Waals surface area contributed by atoms with Crippen molar-refractivity contribution in [3.05, 3.63) is 71.3 Å². The van der Waals surface area contributed by atoms with Gasteiger partial charge >= 0.3 is 0 Å². The zero-order chi connectivity index (χ0) is 14.4. The highest BCUT2D eigenvalue weighted by atomic mass is 16.1. The van der Waals surface area contributed by atoms with Crippen LogP contribution in [0.1, 0.15) is 34.8 Å². The fourth-order valence-electron chi connectivity index (χ4n) is 3.43. The molecule has 102 valence electrons. The first-order valence-electron chi connectivity index (χ1n) is 7.50. The van der Waals surface area contributed by atoms with Crippen LogP contribution >= 0.6 is 0 Å². The molecule has 3 aromatic carbocycles. The maximum atomic E-state index is 13.0. The Morgan fingerprint density at radius 2 is 1.57 bits per heavy atom. The molecule has 0 N–H and O–H groups in total. The van der Waals surface area contributed by atoms with Gasteiger partial charge in [-0.05, 0) is 28.5 Å². The molecular formula is C20H16O. The highest BCUT2D eigenvalue weighted by Crippen LogP contribution is 2.40. The molecule has 0 amide bonds. The predicted octanol–water partition coefficient (Wildman–Crippen LogP) is 5.00. The molecule has 0 spiro atoms. The third-order valence-corrected chi connectivity index (χ3v) is 4.34. The Balaban J connectivity index is 2.18. The minimum absolute atomic E-state index is 0.179. The maximum Gasteiger partial charge on any atom is 0.194 e. The van der Waals surface area contributed by atoms with E-state index in [-0.39, 0.29) is 5.78 Å². The van der Waals surface area contributed by atoms with E-state index in [4.69, 9.17) is 0 Å². The molecule has 0 unspecified atom stereocenters. The number of hydrogen-bond acceptors (Lipinski definition) is 1. The van der Waals surface area contributed by atoms with Gasteiger partial charge in [-0.3, -0.25) is 4.79 Å². The monoisotopic (exact) mass is 272 g/mol. The number of ketones is 1. The van der Waals surface area contributed by atoms with Crippen LogP contribution < -0.4 is 0 Å². The number of carbonyl (C=O) groups is 1. The molecule has 0 fully saturated rings. The van der Waals surface area contributed by atoms with Crippen LogP contribution in [0.3, 0.4) is 0 Å². The van der Waals surface area contributed by atoms with Crippen molar-refractivity contribution in [2.75, 3.05) is 0 Å². The third-order valence-electron chi connectivity index (χ3n) is 4.34. The summed E-state index contributed by atoms with van der Waals surface area (Å²) in [6.45, 7) is 2.16. The summed E-state index contributed by atoms with van der Waals surface area (Å²) >= 11 is 0. The minimum Gasteiger partial charge on any atom is -0.289 e. The average Bonchev–Trinajstić information content (AvgIpc) is 2.53. The zero-order valence-electron chi connectivity index (χ0n) is 12.0. The SMILES string of the molecule is CCCc1ccc2cccc3c2c1C(=O)c1ccccc1-3. The van der Waals surface area contributed by atoms with Gasteiger partial charge in [-0.1, -0.05) is 67.9 Å². The molecule has 4 rings (SSSR count). The smallest absolute Gasteiger partial charge is 0.194 e. The van der Waals surface area contributed by atoms with E-state index >= 15 is 0 Å². The molecule has 0 aromatic heterocycles. The van der Waals surface area contributed by atoms with Crippen LogP contribution in [-0.4, -0.2) is 5.78 Å². The molecule has 0 saturated carbocycles. The van der Waals surface area contributed by atoms with E-state index in [0.717, 1.165) is 40.3 Å². The van der Waals surface area contributed by atoms with Gasteiger partial charge in [-0.15, -0.1) is 0 Å². The van der Waals surface area contributed by atoms with Gasteiger partial charge in [0.05, 0.1) is 0 Å². The van der Waals surface area contributed by atoms with Crippen LogP contribution in [0.15, 0.2) is 54.6 Å². The number of rotatable bonds is 2. The van der Waals surface area contributed by atoms with Gasteiger partial charge < -0.3 is 0 Å². The summed E-state index contributed by atoms with van der Waals surface area (Å²) < 4.78 is 0. The lowest BCUT2D eigenvalue weighted by Gasteiger charge is -2.22. The van der Waals surface area contributed by atoms with Gasteiger partial charge in [0.25, 0.3) is 0 Å². The Bertz CT molecular complexity index is 874. The van der Waals surface area contributed by atoms with E-state index in [1.54, 1.807) is 0 Å². The largest absolute Gasteiger partial charge is 0.289 e. The average molecular weight is 272 g/mol. The molecule has 1 aliphatic rings. The first-order valence-corrected chi connectivity index (χ1v) is 7.50. The van der Waals surface area contributed by atoms with Crippen molar-refractivity contribution in [2.24, 2.45) is 0 Å².